The molecule has 0 saturated heterocycles. The van der Waals surface area contributed by atoms with Gasteiger partial charge in [-0.25, -0.2) is 0 Å². The second-order valence-electron chi connectivity index (χ2n) is 11.1. The molecule has 0 bridgehead atoms. The second kappa shape index (κ2) is 13.0. The average molecular weight is 531 g/mol. The number of hydrogen-bond acceptors (Lipinski definition) is 5. The monoisotopic (exact) mass is 530 g/mol. The zero-order chi connectivity index (χ0) is 27.1. The highest BCUT2D eigenvalue weighted by molar-refractivity contribution is 5.50. The number of benzene rings is 3. The third-order valence-electron chi connectivity index (χ3n) is 8.66. The minimum Gasteiger partial charge on any atom is -0.493 e. The molecule has 1 heterocycles. The molecule has 2 aliphatic rings. The van der Waals surface area contributed by atoms with Crippen LogP contribution in [0.3, 0.4) is 0 Å². The molecule has 3 aromatic rings. The fraction of sp³-hybridized carbons (Fsp3) is 0.471. The van der Waals surface area contributed by atoms with Crippen LogP contribution >= 0.6 is 0 Å². The van der Waals surface area contributed by atoms with Gasteiger partial charge in [0.05, 0.1) is 6.61 Å². The van der Waals surface area contributed by atoms with Gasteiger partial charge in [0.15, 0.2) is 6.29 Å². The number of rotatable bonds is 11. The van der Waals surface area contributed by atoms with E-state index in [1.54, 1.807) is 14.2 Å². The molecular formula is C34H42O5. The molecule has 1 aliphatic heterocycles. The van der Waals surface area contributed by atoms with E-state index in [9.17, 15) is 5.11 Å². The summed E-state index contributed by atoms with van der Waals surface area (Å²) < 4.78 is 22.7. The van der Waals surface area contributed by atoms with Crippen LogP contribution in [0.15, 0.2) is 72.8 Å². The summed E-state index contributed by atoms with van der Waals surface area (Å²) in [6, 6.07) is 24.4. The van der Waals surface area contributed by atoms with Crippen molar-refractivity contribution in [2.45, 2.75) is 69.9 Å². The highest BCUT2D eigenvalue weighted by Gasteiger charge is 2.37. The molecule has 1 fully saturated rings. The number of aryl methyl sites for hydroxylation is 1. The SMILES string of the molecule is COC(CC1CCC(CCc2ccc(C3(O)CCOc4cc(OCc5ccccc5)ccc43)cc2)CC1)OC. The van der Waals surface area contributed by atoms with Crippen molar-refractivity contribution in [1.82, 2.24) is 0 Å². The van der Waals surface area contributed by atoms with Crippen molar-refractivity contribution in [2.24, 2.45) is 11.8 Å². The summed E-state index contributed by atoms with van der Waals surface area (Å²) in [5.74, 6) is 2.93. The Morgan fingerprint density at radius 3 is 2.31 bits per heavy atom. The van der Waals surface area contributed by atoms with Crippen molar-refractivity contribution < 1.29 is 24.1 Å². The Balaban J connectivity index is 1.16. The van der Waals surface area contributed by atoms with Gasteiger partial charge in [-0.15, -0.1) is 0 Å². The van der Waals surface area contributed by atoms with E-state index in [1.807, 2.05) is 48.5 Å². The van der Waals surface area contributed by atoms with Gasteiger partial charge >= 0.3 is 0 Å². The summed E-state index contributed by atoms with van der Waals surface area (Å²) in [7, 11) is 3.45. The van der Waals surface area contributed by atoms with E-state index in [0.717, 1.165) is 41.2 Å². The summed E-state index contributed by atoms with van der Waals surface area (Å²) in [5, 5.41) is 11.8. The zero-order valence-electron chi connectivity index (χ0n) is 23.3. The van der Waals surface area contributed by atoms with Crippen molar-refractivity contribution in [3.63, 3.8) is 0 Å². The lowest BCUT2D eigenvalue weighted by Gasteiger charge is -2.35. The largest absolute Gasteiger partial charge is 0.493 e. The van der Waals surface area contributed by atoms with Gasteiger partial charge in [0.1, 0.15) is 23.7 Å². The predicted octanol–water partition coefficient (Wildman–Crippen LogP) is 7.03. The lowest BCUT2D eigenvalue weighted by atomic mass is 9.78. The van der Waals surface area contributed by atoms with Gasteiger partial charge in [0.2, 0.25) is 0 Å². The molecule has 5 heteroatoms. The first-order valence-corrected chi connectivity index (χ1v) is 14.4. The van der Waals surface area contributed by atoms with Crippen LogP contribution in [0.5, 0.6) is 11.5 Å². The molecule has 0 amide bonds. The molecule has 0 spiro atoms. The van der Waals surface area contributed by atoms with Gasteiger partial charge in [0, 0.05) is 38.7 Å². The van der Waals surface area contributed by atoms with Crippen molar-refractivity contribution in [2.75, 3.05) is 20.8 Å². The maximum atomic E-state index is 11.8. The van der Waals surface area contributed by atoms with Gasteiger partial charge in [-0.3, -0.25) is 0 Å². The first-order valence-electron chi connectivity index (χ1n) is 14.4. The van der Waals surface area contributed by atoms with Crippen LogP contribution in [-0.4, -0.2) is 32.2 Å². The minimum absolute atomic E-state index is 0.0717. The van der Waals surface area contributed by atoms with Crippen molar-refractivity contribution in [1.29, 1.82) is 0 Å². The minimum atomic E-state index is -1.06. The summed E-state index contributed by atoms with van der Waals surface area (Å²) in [6.07, 6.45) is 8.86. The smallest absolute Gasteiger partial charge is 0.157 e. The second-order valence-corrected chi connectivity index (χ2v) is 11.1. The summed E-state index contributed by atoms with van der Waals surface area (Å²) >= 11 is 0. The Bertz CT molecular complexity index is 1170. The van der Waals surface area contributed by atoms with Crippen LogP contribution in [0.2, 0.25) is 0 Å². The van der Waals surface area contributed by atoms with Crippen LogP contribution in [0.1, 0.15) is 67.2 Å². The highest BCUT2D eigenvalue weighted by Crippen LogP contribution is 2.43. The van der Waals surface area contributed by atoms with Crippen LogP contribution in [0.25, 0.3) is 0 Å². The quantitative estimate of drug-likeness (QED) is 0.270. The molecule has 1 atom stereocenters. The Labute approximate surface area is 233 Å². The molecule has 39 heavy (non-hydrogen) atoms. The molecule has 1 aliphatic carbocycles. The highest BCUT2D eigenvalue weighted by atomic mass is 16.7. The summed E-state index contributed by atoms with van der Waals surface area (Å²) in [6.45, 7) is 0.959. The van der Waals surface area contributed by atoms with Gasteiger partial charge in [-0.1, -0.05) is 67.4 Å². The average Bonchev–Trinajstić information content (AvgIpc) is 2.99. The van der Waals surface area contributed by atoms with Crippen LogP contribution in [0, 0.1) is 11.8 Å². The fourth-order valence-corrected chi connectivity index (χ4v) is 6.17. The summed E-state index contributed by atoms with van der Waals surface area (Å²) in [5.41, 5.74) is 3.10. The number of aliphatic hydroxyl groups is 1. The standard InChI is InChI=1S/C34H42O5/c1-36-33(37-2)22-27-12-10-25(11-13-27)8-9-26-14-16-29(17-15-26)34(35)20-21-38-32-23-30(18-19-31(32)34)39-24-28-6-4-3-5-7-28/h3-7,14-19,23,25,27,33,35H,8-13,20-22,24H2,1-2H3. The normalized spacial score (nSPS) is 22.8. The van der Waals surface area contributed by atoms with E-state index < -0.39 is 5.60 Å². The van der Waals surface area contributed by atoms with E-state index in [0.29, 0.717) is 31.3 Å². The Morgan fingerprint density at radius 2 is 1.59 bits per heavy atom. The van der Waals surface area contributed by atoms with E-state index >= 15 is 0 Å². The third-order valence-corrected chi connectivity index (χ3v) is 8.66. The topological polar surface area (TPSA) is 57.2 Å². The number of methoxy groups -OCH3 is 2. The van der Waals surface area contributed by atoms with Gasteiger partial charge in [-0.05, 0) is 66.3 Å². The van der Waals surface area contributed by atoms with Crippen molar-refractivity contribution >= 4 is 0 Å². The lowest BCUT2D eigenvalue weighted by Crippen LogP contribution is -2.33. The molecule has 0 radical (unpaired) electrons. The molecule has 5 nitrogen and oxygen atoms in total. The molecule has 1 N–H and O–H groups in total. The van der Waals surface area contributed by atoms with Gasteiger partial charge in [0.25, 0.3) is 0 Å². The van der Waals surface area contributed by atoms with Gasteiger partial charge in [-0.2, -0.15) is 0 Å². The van der Waals surface area contributed by atoms with E-state index in [2.05, 4.69) is 24.3 Å². The van der Waals surface area contributed by atoms with Crippen molar-refractivity contribution in [3.8, 4) is 11.5 Å². The lowest BCUT2D eigenvalue weighted by molar-refractivity contribution is -0.116. The number of ether oxygens (including phenoxy) is 4. The number of fused-ring (bicyclic) bond motifs is 1. The maximum absolute atomic E-state index is 11.8. The molecule has 5 rings (SSSR count). The molecular weight excluding hydrogens is 488 g/mol. The molecule has 0 aromatic heterocycles. The summed E-state index contributed by atoms with van der Waals surface area (Å²) in [4.78, 5) is 0. The predicted molar refractivity (Wildman–Crippen MR) is 153 cm³/mol. The van der Waals surface area contributed by atoms with Crippen LogP contribution < -0.4 is 9.47 Å². The van der Waals surface area contributed by atoms with E-state index in [-0.39, 0.29) is 6.29 Å². The number of hydrogen-bond donors (Lipinski definition) is 1. The van der Waals surface area contributed by atoms with Crippen LogP contribution in [0.4, 0.5) is 0 Å². The van der Waals surface area contributed by atoms with Gasteiger partial charge < -0.3 is 24.1 Å². The zero-order valence-corrected chi connectivity index (χ0v) is 23.3. The Kier molecular flexibility index (Phi) is 9.23. The molecule has 3 aromatic carbocycles. The Morgan fingerprint density at radius 1 is 0.872 bits per heavy atom. The molecule has 1 saturated carbocycles. The molecule has 208 valence electrons. The first-order chi connectivity index (χ1) is 19.1. The fourth-order valence-electron chi connectivity index (χ4n) is 6.17. The Hall–Kier alpha value is -2.86. The maximum Gasteiger partial charge on any atom is 0.157 e. The first kappa shape index (κ1) is 27.7. The van der Waals surface area contributed by atoms with E-state index in [1.165, 1.54) is 37.7 Å². The van der Waals surface area contributed by atoms with E-state index in [4.69, 9.17) is 18.9 Å². The molecule has 1 unspecified atom stereocenters. The third kappa shape index (κ3) is 6.84. The van der Waals surface area contributed by atoms with Crippen molar-refractivity contribution in [3.05, 3.63) is 95.1 Å². The van der Waals surface area contributed by atoms with Crippen LogP contribution in [-0.2, 0) is 28.1 Å².